The van der Waals surface area contributed by atoms with Crippen LogP contribution >= 0.6 is 0 Å². The van der Waals surface area contributed by atoms with Crippen molar-refractivity contribution >= 4 is 11.9 Å². The molecule has 0 spiro atoms. The van der Waals surface area contributed by atoms with Gasteiger partial charge < -0.3 is 14.9 Å². The number of ether oxygens (including phenoxy) is 1. The zero-order valence-electron chi connectivity index (χ0n) is 12.7. The number of nitrogens with zero attached hydrogens (tertiary/aromatic N) is 1. The topological polar surface area (TPSA) is 62.0 Å². The standard InChI is InChI=1S/C18H19NO3/c1-12-4-6-16(7-5-12)19-10-15-8-13(2)9-17(18(15)21)22-14(3)11-20/h4-10,20-21H,3,11H2,1-2H3. The van der Waals surface area contributed by atoms with Crippen LogP contribution in [0.4, 0.5) is 5.69 Å². The van der Waals surface area contributed by atoms with E-state index in [4.69, 9.17) is 9.84 Å². The second-order valence-electron chi connectivity index (χ2n) is 5.09. The highest BCUT2D eigenvalue weighted by molar-refractivity contribution is 5.87. The van der Waals surface area contributed by atoms with E-state index >= 15 is 0 Å². The van der Waals surface area contributed by atoms with Gasteiger partial charge in [0.2, 0.25) is 0 Å². The largest absolute Gasteiger partial charge is 0.504 e. The maximum atomic E-state index is 10.2. The van der Waals surface area contributed by atoms with Crippen molar-refractivity contribution in [3.05, 3.63) is 65.4 Å². The van der Waals surface area contributed by atoms with Crippen LogP contribution in [-0.2, 0) is 0 Å². The molecule has 0 fully saturated rings. The van der Waals surface area contributed by atoms with Gasteiger partial charge >= 0.3 is 0 Å². The van der Waals surface area contributed by atoms with Gasteiger partial charge in [0.25, 0.3) is 0 Å². The molecule has 114 valence electrons. The minimum atomic E-state index is -0.305. The predicted octanol–water partition coefficient (Wildman–Crippen LogP) is 3.64. The van der Waals surface area contributed by atoms with Crippen LogP contribution in [0.5, 0.6) is 11.5 Å². The summed E-state index contributed by atoms with van der Waals surface area (Å²) in [5.74, 6) is 0.391. The van der Waals surface area contributed by atoms with Crippen LogP contribution in [0.25, 0.3) is 0 Å². The summed E-state index contributed by atoms with van der Waals surface area (Å²) in [4.78, 5) is 4.35. The van der Waals surface area contributed by atoms with Crippen molar-refractivity contribution < 1.29 is 14.9 Å². The number of rotatable bonds is 5. The molecule has 2 rings (SSSR count). The Labute approximate surface area is 130 Å². The van der Waals surface area contributed by atoms with Crippen LogP contribution in [0.3, 0.4) is 0 Å². The molecule has 4 nitrogen and oxygen atoms in total. The van der Waals surface area contributed by atoms with E-state index in [2.05, 4.69) is 11.6 Å². The Balaban J connectivity index is 2.30. The summed E-state index contributed by atoms with van der Waals surface area (Å²) in [5, 5.41) is 19.2. The molecule has 0 radical (unpaired) electrons. The van der Waals surface area contributed by atoms with E-state index in [0.29, 0.717) is 5.56 Å². The minimum absolute atomic E-state index is 0.0314. The van der Waals surface area contributed by atoms with Crippen LogP contribution in [0.15, 0.2) is 53.7 Å². The molecule has 22 heavy (non-hydrogen) atoms. The van der Waals surface area contributed by atoms with Crippen LogP contribution in [0, 0.1) is 13.8 Å². The Bertz CT molecular complexity index is 703. The van der Waals surface area contributed by atoms with Gasteiger partial charge in [0.15, 0.2) is 11.5 Å². The van der Waals surface area contributed by atoms with Gasteiger partial charge in [-0.3, -0.25) is 4.99 Å². The summed E-state index contributed by atoms with van der Waals surface area (Å²) in [7, 11) is 0. The van der Waals surface area contributed by atoms with Gasteiger partial charge in [-0.2, -0.15) is 0 Å². The fourth-order valence-electron chi connectivity index (χ4n) is 1.91. The van der Waals surface area contributed by atoms with Gasteiger partial charge in [0, 0.05) is 11.8 Å². The smallest absolute Gasteiger partial charge is 0.169 e. The number of aliphatic imine (C=N–C) groups is 1. The van der Waals surface area contributed by atoms with Gasteiger partial charge in [-0.15, -0.1) is 0 Å². The second kappa shape index (κ2) is 6.91. The second-order valence-corrected chi connectivity index (χ2v) is 5.09. The number of hydrogen-bond acceptors (Lipinski definition) is 4. The first-order valence-corrected chi connectivity index (χ1v) is 6.90. The van der Waals surface area contributed by atoms with Crippen molar-refractivity contribution in [1.29, 1.82) is 0 Å². The normalized spacial score (nSPS) is 10.9. The van der Waals surface area contributed by atoms with Crippen molar-refractivity contribution in [3.63, 3.8) is 0 Å². The van der Waals surface area contributed by atoms with Crippen molar-refractivity contribution in [2.24, 2.45) is 4.99 Å². The van der Waals surface area contributed by atoms with Gasteiger partial charge in [-0.05, 0) is 43.7 Å². The van der Waals surface area contributed by atoms with E-state index in [-0.39, 0.29) is 23.9 Å². The predicted molar refractivity (Wildman–Crippen MR) is 88.1 cm³/mol. The van der Waals surface area contributed by atoms with E-state index < -0.39 is 0 Å². The van der Waals surface area contributed by atoms with Crippen molar-refractivity contribution in [2.45, 2.75) is 13.8 Å². The Kier molecular flexibility index (Phi) is 4.96. The van der Waals surface area contributed by atoms with Crippen molar-refractivity contribution in [2.75, 3.05) is 6.61 Å². The highest BCUT2D eigenvalue weighted by atomic mass is 16.5. The lowest BCUT2D eigenvalue weighted by molar-refractivity contribution is 0.259. The van der Waals surface area contributed by atoms with Crippen molar-refractivity contribution in [3.8, 4) is 11.5 Å². The Hall–Kier alpha value is -2.59. The van der Waals surface area contributed by atoms with Crippen LogP contribution in [0.1, 0.15) is 16.7 Å². The average molecular weight is 297 g/mol. The third-order valence-corrected chi connectivity index (χ3v) is 3.07. The molecule has 0 aliphatic carbocycles. The monoisotopic (exact) mass is 297 g/mol. The summed E-state index contributed by atoms with van der Waals surface area (Å²) < 4.78 is 5.33. The zero-order valence-corrected chi connectivity index (χ0v) is 12.7. The first kappa shape index (κ1) is 15.8. The number of aliphatic hydroxyl groups excluding tert-OH is 1. The Morgan fingerprint density at radius 3 is 2.50 bits per heavy atom. The minimum Gasteiger partial charge on any atom is -0.504 e. The summed E-state index contributed by atoms with van der Waals surface area (Å²) in [6.45, 7) is 7.15. The molecule has 0 saturated heterocycles. The van der Waals surface area contributed by atoms with Gasteiger partial charge in [0.1, 0.15) is 12.4 Å². The van der Waals surface area contributed by atoms with Crippen LogP contribution in [-0.4, -0.2) is 23.0 Å². The molecule has 0 saturated carbocycles. The molecule has 4 heteroatoms. The third kappa shape index (κ3) is 3.96. The molecule has 0 aliphatic rings. The number of aryl methyl sites for hydroxylation is 2. The van der Waals surface area contributed by atoms with Crippen LogP contribution in [0.2, 0.25) is 0 Å². The maximum Gasteiger partial charge on any atom is 0.169 e. The number of aromatic hydroxyl groups is 1. The quantitative estimate of drug-likeness (QED) is 0.654. The fourth-order valence-corrected chi connectivity index (χ4v) is 1.91. The molecule has 2 aromatic rings. The molecule has 0 unspecified atom stereocenters. The first-order chi connectivity index (χ1) is 10.5. The number of benzene rings is 2. The molecule has 2 aromatic carbocycles. The molecule has 0 aromatic heterocycles. The molecule has 0 bridgehead atoms. The van der Waals surface area contributed by atoms with E-state index in [1.807, 2.05) is 44.2 Å². The van der Waals surface area contributed by atoms with E-state index in [1.54, 1.807) is 12.3 Å². The van der Waals surface area contributed by atoms with E-state index in [0.717, 1.165) is 16.8 Å². The Morgan fingerprint density at radius 2 is 1.86 bits per heavy atom. The van der Waals surface area contributed by atoms with Gasteiger partial charge in [-0.25, -0.2) is 0 Å². The van der Waals surface area contributed by atoms with Gasteiger partial charge in [-0.1, -0.05) is 24.3 Å². The van der Waals surface area contributed by atoms with Crippen molar-refractivity contribution in [1.82, 2.24) is 0 Å². The van der Waals surface area contributed by atoms with Crippen LogP contribution < -0.4 is 4.74 Å². The molecule has 0 aliphatic heterocycles. The first-order valence-electron chi connectivity index (χ1n) is 6.90. The zero-order chi connectivity index (χ0) is 16.1. The van der Waals surface area contributed by atoms with E-state index in [1.165, 1.54) is 0 Å². The SMILES string of the molecule is C=C(CO)Oc1cc(C)cc(C=Nc2ccc(C)cc2)c1O. The summed E-state index contributed by atoms with van der Waals surface area (Å²) in [6, 6.07) is 11.2. The average Bonchev–Trinajstić information content (AvgIpc) is 2.50. The number of hydrogen-bond donors (Lipinski definition) is 2. The molecular formula is C18H19NO3. The molecule has 0 atom stereocenters. The highest BCUT2D eigenvalue weighted by Crippen LogP contribution is 2.32. The summed E-state index contributed by atoms with van der Waals surface area (Å²) >= 11 is 0. The molecule has 0 heterocycles. The lowest BCUT2D eigenvalue weighted by Gasteiger charge is -2.11. The molecular weight excluding hydrogens is 278 g/mol. The lowest BCUT2D eigenvalue weighted by Crippen LogP contribution is -1.99. The van der Waals surface area contributed by atoms with E-state index in [9.17, 15) is 5.11 Å². The number of phenols is 1. The highest BCUT2D eigenvalue weighted by Gasteiger charge is 2.10. The summed E-state index contributed by atoms with van der Waals surface area (Å²) in [5.41, 5.74) is 3.41. The molecule has 2 N–H and O–H groups in total. The molecule has 0 amide bonds. The summed E-state index contributed by atoms with van der Waals surface area (Å²) in [6.07, 6.45) is 1.58. The Morgan fingerprint density at radius 1 is 1.18 bits per heavy atom. The lowest BCUT2D eigenvalue weighted by atomic mass is 10.1. The number of phenolic OH excluding ortho intramolecular Hbond substituents is 1. The number of aliphatic hydroxyl groups is 1. The maximum absolute atomic E-state index is 10.2. The third-order valence-electron chi connectivity index (χ3n) is 3.07. The van der Waals surface area contributed by atoms with Gasteiger partial charge in [0.05, 0.1) is 5.69 Å². The fraction of sp³-hybridized carbons (Fsp3) is 0.167.